The lowest BCUT2D eigenvalue weighted by Crippen LogP contribution is -2.47. The Morgan fingerprint density at radius 2 is 1.57 bits per heavy atom. The Bertz CT molecular complexity index is 1000. The Labute approximate surface area is 172 Å². The highest BCUT2D eigenvalue weighted by atomic mass is 19.4. The molecule has 0 bridgehead atoms. The number of rotatable bonds is 5. The molecule has 1 unspecified atom stereocenters. The third-order valence-corrected chi connectivity index (χ3v) is 5.36. The molecular formula is C23H22F3NO3. The molecule has 3 aromatic carbocycles. The minimum absolute atomic E-state index is 0.251. The van der Waals surface area contributed by atoms with Gasteiger partial charge in [-0.05, 0) is 46.7 Å². The van der Waals surface area contributed by atoms with E-state index in [9.17, 15) is 18.3 Å². The monoisotopic (exact) mass is 417 g/mol. The zero-order chi connectivity index (χ0) is 21.2. The van der Waals surface area contributed by atoms with E-state index in [0.717, 1.165) is 24.2 Å². The molecule has 30 heavy (non-hydrogen) atoms. The minimum atomic E-state index is -4.90. The van der Waals surface area contributed by atoms with Gasteiger partial charge >= 0.3 is 6.18 Å². The van der Waals surface area contributed by atoms with Gasteiger partial charge in [0.25, 0.3) is 0 Å². The molecule has 0 aliphatic carbocycles. The van der Waals surface area contributed by atoms with Gasteiger partial charge in [-0.1, -0.05) is 36.4 Å². The quantitative estimate of drug-likeness (QED) is 0.664. The molecule has 1 aliphatic rings. The van der Waals surface area contributed by atoms with Gasteiger partial charge in [0, 0.05) is 18.8 Å². The zero-order valence-electron chi connectivity index (χ0n) is 16.2. The van der Waals surface area contributed by atoms with Crippen LogP contribution in [-0.2, 0) is 10.3 Å². The number of halogens is 3. The fourth-order valence-electron chi connectivity index (χ4n) is 3.54. The van der Waals surface area contributed by atoms with Crippen LogP contribution >= 0.6 is 0 Å². The number of morpholine rings is 1. The number of nitrogens with zero attached hydrogens (tertiary/aromatic N) is 1. The fourth-order valence-corrected chi connectivity index (χ4v) is 3.54. The summed E-state index contributed by atoms with van der Waals surface area (Å²) >= 11 is 0. The predicted molar refractivity (Wildman–Crippen MR) is 109 cm³/mol. The fraction of sp³-hybridized carbons (Fsp3) is 0.304. The van der Waals surface area contributed by atoms with Crippen molar-refractivity contribution in [3.63, 3.8) is 0 Å². The van der Waals surface area contributed by atoms with Gasteiger partial charge in [-0.3, -0.25) is 0 Å². The lowest BCUT2D eigenvalue weighted by molar-refractivity contribution is -0.275. The van der Waals surface area contributed by atoms with Crippen molar-refractivity contribution in [2.45, 2.75) is 11.8 Å². The topological polar surface area (TPSA) is 41.9 Å². The SMILES string of the molecule is OC(COc1ccc(N2CCOCC2)cc1)(c1ccc2ccccc2c1)C(F)(F)F. The summed E-state index contributed by atoms with van der Waals surface area (Å²) < 4.78 is 52.3. The van der Waals surface area contributed by atoms with Gasteiger partial charge < -0.3 is 19.5 Å². The smallest absolute Gasteiger partial charge is 0.424 e. The van der Waals surface area contributed by atoms with Crippen molar-refractivity contribution >= 4 is 16.5 Å². The molecule has 0 aromatic heterocycles. The van der Waals surface area contributed by atoms with Crippen molar-refractivity contribution in [3.05, 3.63) is 72.3 Å². The number of alkyl halides is 3. The Balaban J connectivity index is 1.54. The summed E-state index contributed by atoms with van der Waals surface area (Å²) in [5.41, 5.74) is -2.43. The van der Waals surface area contributed by atoms with E-state index in [0.29, 0.717) is 18.6 Å². The number of aliphatic hydroxyl groups is 1. The second-order valence-corrected chi connectivity index (χ2v) is 7.30. The summed E-state index contributed by atoms with van der Waals surface area (Å²) in [5.74, 6) is 0.260. The first-order chi connectivity index (χ1) is 14.4. The maximum Gasteiger partial charge on any atom is 0.424 e. The molecule has 1 saturated heterocycles. The highest BCUT2D eigenvalue weighted by Crippen LogP contribution is 2.40. The van der Waals surface area contributed by atoms with E-state index in [1.807, 2.05) is 6.07 Å². The van der Waals surface area contributed by atoms with Crippen LogP contribution in [0, 0.1) is 0 Å². The van der Waals surface area contributed by atoms with E-state index in [1.54, 1.807) is 48.5 Å². The minimum Gasteiger partial charge on any atom is -0.490 e. The highest BCUT2D eigenvalue weighted by Gasteiger charge is 2.56. The van der Waals surface area contributed by atoms with E-state index in [1.165, 1.54) is 12.1 Å². The van der Waals surface area contributed by atoms with Gasteiger partial charge in [0.15, 0.2) is 0 Å². The molecule has 1 atom stereocenters. The van der Waals surface area contributed by atoms with Gasteiger partial charge in [-0.2, -0.15) is 13.2 Å². The van der Waals surface area contributed by atoms with Crippen LogP contribution in [0.4, 0.5) is 18.9 Å². The maximum atomic E-state index is 13.9. The number of hydrogen-bond acceptors (Lipinski definition) is 4. The van der Waals surface area contributed by atoms with Crippen LogP contribution in [0.5, 0.6) is 5.75 Å². The van der Waals surface area contributed by atoms with Crippen molar-refractivity contribution in [2.75, 3.05) is 37.8 Å². The molecule has 158 valence electrons. The summed E-state index contributed by atoms with van der Waals surface area (Å²) in [6, 6.07) is 18.1. The van der Waals surface area contributed by atoms with Crippen LogP contribution in [0.2, 0.25) is 0 Å². The largest absolute Gasteiger partial charge is 0.490 e. The Kier molecular flexibility index (Phi) is 5.58. The molecule has 1 heterocycles. The summed E-state index contributed by atoms with van der Waals surface area (Å²) in [7, 11) is 0. The van der Waals surface area contributed by atoms with Crippen molar-refractivity contribution in [3.8, 4) is 5.75 Å². The van der Waals surface area contributed by atoms with Crippen molar-refractivity contribution in [1.82, 2.24) is 0 Å². The van der Waals surface area contributed by atoms with Gasteiger partial charge in [-0.25, -0.2) is 0 Å². The number of anilines is 1. The van der Waals surface area contributed by atoms with Gasteiger partial charge in [0.1, 0.15) is 12.4 Å². The van der Waals surface area contributed by atoms with Crippen molar-refractivity contribution in [2.24, 2.45) is 0 Å². The average Bonchev–Trinajstić information content (AvgIpc) is 2.77. The van der Waals surface area contributed by atoms with E-state index in [4.69, 9.17) is 9.47 Å². The molecule has 7 heteroatoms. The first-order valence-electron chi connectivity index (χ1n) is 9.71. The van der Waals surface area contributed by atoms with Crippen molar-refractivity contribution < 1.29 is 27.8 Å². The molecule has 0 saturated carbocycles. The molecular weight excluding hydrogens is 395 g/mol. The summed E-state index contributed by atoms with van der Waals surface area (Å²) in [4.78, 5) is 2.13. The molecule has 0 spiro atoms. The molecule has 4 rings (SSSR count). The third kappa shape index (κ3) is 4.08. The molecule has 1 N–H and O–H groups in total. The molecule has 4 nitrogen and oxygen atoms in total. The van der Waals surface area contributed by atoms with Crippen molar-refractivity contribution in [1.29, 1.82) is 0 Å². The van der Waals surface area contributed by atoms with Gasteiger partial charge in [0.2, 0.25) is 5.60 Å². The lowest BCUT2D eigenvalue weighted by Gasteiger charge is -2.31. The second kappa shape index (κ2) is 8.16. The highest BCUT2D eigenvalue weighted by molar-refractivity contribution is 5.83. The van der Waals surface area contributed by atoms with Crippen LogP contribution < -0.4 is 9.64 Å². The Hall–Kier alpha value is -2.77. The van der Waals surface area contributed by atoms with Crippen LogP contribution in [-0.4, -0.2) is 44.2 Å². The van der Waals surface area contributed by atoms with Gasteiger partial charge in [0.05, 0.1) is 13.2 Å². The number of fused-ring (bicyclic) bond motifs is 1. The van der Waals surface area contributed by atoms with Crippen LogP contribution in [0.1, 0.15) is 5.56 Å². The first kappa shape index (κ1) is 20.5. The van der Waals surface area contributed by atoms with E-state index in [2.05, 4.69) is 4.90 Å². The lowest BCUT2D eigenvalue weighted by atomic mass is 9.92. The molecule has 0 radical (unpaired) electrons. The zero-order valence-corrected chi connectivity index (χ0v) is 16.2. The molecule has 1 aliphatic heterocycles. The molecule has 0 amide bonds. The van der Waals surface area contributed by atoms with E-state index >= 15 is 0 Å². The predicted octanol–water partition coefficient (Wildman–Crippen LogP) is 4.51. The number of hydrogen-bond donors (Lipinski definition) is 1. The third-order valence-electron chi connectivity index (χ3n) is 5.36. The molecule has 1 fully saturated rings. The maximum absolute atomic E-state index is 13.9. The van der Waals surface area contributed by atoms with Crippen LogP contribution in [0.3, 0.4) is 0 Å². The van der Waals surface area contributed by atoms with Crippen LogP contribution in [0.25, 0.3) is 10.8 Å². The average molecular weight is 417 g/mol. The molecule has 3 aromatic rings. The van der Waals surface area contributed by atoms with E-state index < -0.39 is 18.4 Å². The number of benzene rings is 3. The standard InChI is InChI=1S/C23H22F3NO3/c24-23(25,26)22(28,19-6-5-17-3-1-2-4-18(17)15-19)16-30-21-9-7-20(8-10-21)27-11-13-29-14-12-27/h1-10,15,28H,11-14,16H2. The number of ether oxygens (including phenoxy) is 2. The summed E-state index contributed by atoms with van der Waals surface area (Å²) in [5, 5.41) is 12.0. The van der Waals surface area contributed by atoms with E-state index in [-0.39, 0.29) is 11.3 Å². The normalized spacial score (nSPS) is 17.0. The van der Waals surface area contributed by atoms with Gasteiger partial charge in [-0.15, -0.1) is 0 Å². The summed E-state index contributed by atoms with van der Waals surface area (Å²) in [6.45, 7) is 1.86. The first-order valence-corrected chi connectivity index (χ1v) is 9.71. The Morgan fingerprint density at radius 3 is 2.23 bits per heavy atom. The van der Waals surface area contributed by atoms with Crippen LogP contribution in [0.15, 0.2) is 66.7 Å². The Morgan fingerprint density at radius 1 is 0.900 bits per heavy atom. The second-order valence-electron chi connectivity index (χ2n) is 7.30. The summed E-state index contributed by atoms with van der Waals surface area (Å²) in [6.07, 6.45) is -4.90.